The Balaban J connectivity index is 2.23. The lowest BCUT2D eigenvalue weighted by Crippen LogP contribution is -2.13. The summed E-state index contributed by atoms with van der Waals surface area (Å²) in [6.07, 6.45) is 6.61. The van der Waals surface area contributed by atoms with Gasteiger partial charge in [0.2, 0.25) is 0 Å². The number of carbonyl (C=O) groups is 1. The summed E-state index contributed by atoms with van der Waals surface area (Å²) in [7, 11) is 0. The Labute approximate surface area is 169 Å². The zero-order chi connectivity index (χ0) is 19.1. The van der Waals surface area contributed by atoms with Crippen LogP contribution in [0.4, 0.5) is 5.69 Å². The topological polar surface area (TPSA) is 62.1 Å². The van der Waals surface area contributed by atoms with Gasteiger partial charge in [0.15, 0.2) is 0 Å². The number of halogens is 3. The van der Waals surface area contributed by atoms with Crippen molar-refractivity contribution in [1.29, 1.82) is 5.26 Å². The van der Waals surface area contributed by atoms with Crippen LogP contribution in [0.1, 0.15) is 5.56 Å². The first-order chi connectivity index (χ1) is 12.4. The molecule has 0 aliphatic heterocycles. The number of nitriles is 1. The first-order valence-electron chi connectivity index (χ1n) is 7.18. The second-order valence-corrected chi connectivity index (χ2v) is 6.63. The number of benzene rings is 2. The molecular formula is C19H11BrCl2N2O2. The van der Waals surface area contributed by atoms with E-state index in [2.05, 4.69) is 27.2 Å². The summed E-state index contributed by atoms with van der Waals surface area (Å²) in [5.74, 6) is 2.34. The molecule has 0 atom stereocenters. The van der Waals surface area contributed by atoms with Crippen molar-refractivity contribution in [3.05, 3.63) is 62.1 Å². The van der Waals surface area contributed by atoms with Crippen molar-refractivity contribution in [2.24, 2.45) is 0 Å². The van der Waals surface area contributed by atoms with Crippen molar-refractivity contribution in [2.75, 3.05) is 11.9 Å². The predicted octanol–water partition coefficient (Wildman–Crippen LogP) is 5.31. The highest BCUT2D eigenvalue weighted by atomic mass is 79.9. The van der Waals surface area contributed by atoms with Crippen LogP contribution in [-0.4, -0.2) is 12.5 Å². The molecule has 1 amide bonds. The highest BCUT2D eigenvalue weighted by Crippen LogP contribution is 2.28. The zero-order valence-electron chi connectivity index (χ0n) is 13.2. The molecule has 2 rings (SSSR count). The Morgan fingerprint density at radius 2 is 2.08 bits per heavy atom. The first-order valence-corrected chi connectivity index (χ1v) is 8.73. The molecule has 26 heavy (non-hydrogen) atoms. The van der Waals surface area contributed by atoms with E-state index >= 15 is 0 Å². The smallest absolute Gasteiger partial charge is 0.266 e. The van der Waals surface area contributed by atoms with Crippen molar-refractivity contribution >= 4 is 56.8 Å². The average Bonchev–Trinajstić information content (AvgIpc) is 2.62. The van der Waals surface area contributed by atoms with Gasteiger partial charge in [-0.3, -0.25) is 4.79 Å². The van der Waals surface area contributed by atoms with Crippen LogP contribution in [0.3, 0.4) is 0 Å². The van der Waals surface area contributed by atoms with Crippen LogP contribution < -0.4 is 10.1 Å². The van der Waals surface area contributed by atoms with E-state index in [9.17, 15) is 10.1 Å². The number of hydrogen-bond acceptors (Lipinski definition) is 3. The van der Waals surface area contributed by atoms with E-state index in [0.29, 0.717) is 31.5 Å². The normalized spacial score (nSPS) is 10.6. The van der Waals surface area contributed by atoms with Crippen LogP contribution in [-0.2, 0) is 4.79 Å². The van der Waals surface area contributed by atoms with Gasteiger partial charge in [0.05, 0.1) is 15.2 Å². The lowest BCUT2D eigenvalue weighted by Gasteiger charge is -2.08. The van der Waals surface area contributed by atoms with Gasteiger partial charge in [-0.15, -0.1) is 6.42 Å². The molecular weight excluding hydrogens is 439 g/mol. The number of rotatable bonds is 5. The summed E-state index contributed by atoms with van der Waals surface area (Å²) >= 11 is 15.3. The highest BCUT2D eigenvalue weighted by Gasteiger charge is 2.12. The van der Waals surface area contributed by atoms with Gasteiger partial charge in [0, 0.05) is 5.02 Å². The summed E-state index contributed by atoms with van der Waals surface area (Å²) in [5.41, 5.74) is 0.864. The van der Waals surface area contributed by atoms with E-state index in [0.717, 1.165) is 0 Å². The van der Waals surface area contributed by atoms with Gasteiger partial charge in [-0.1, -0.05) is 35.2 Å². The molecule has 0 fully saturated rings. The molecule has 0 unspecified atom stereocenters. The van der Waals surface area contributed by atoms with Gasteiger partial charge in [-0.25, -0.2) is 0 Å². The van der Waals surface area contributed by atoms with Gasteiger partial charge in [-0.05, 0) is 57.9 Å². The van der Waals surface area contributed by atoms with Gasteiger partial charge in [0.1, 0.15) is 24.0 Å². The second kappa shape index (κ2) is 9.31. The summed E-state index contributed by atoms with van der Waals surface area (Å²) in [6.45, 7) is 0.139. The van der Waals surface area contributed by atoms with Crippen molar-refractivity contribution in [1.82, 2.24) is 0 Å². The quantitative estimate of drug-likeness (QED) is 0.382. The van der Waals surface area contributed by atoms with Crippen molar-refractivity contribution in [3.63, 3.8) is 0 Å². The molecule has 0 spiro atoms. The SMILES string of the molecule is C#CCOc1ccc(/C=C(\C#N)C(=O)Nc2cc(Cl)ccc2Cl)cc1Br. The lowest BCUT2D eigenvalue weighted by molar-refractivity contribution is -0.112. The molecule has 0 bridgehead atoms. The predicted molar refractivity (Wildman–Crippen MR) is 107 cm³/mol. The standard InChI is InChI=1S/C19H11BrCl2N2O2/c1-2-7-26-18-6-3-12(9-15(18)20)8-13(11-23)19(25)24-17-10-14(21)4-5-16(17)22/h1,3-6,8-10H,7H2,(H,24,25)/b13-8+. The summed E-state index contributed by atoms with van der Waals surface area (Å²) in [6, 6.07) is 11.6. The molecule has 0 saturated carbocycles. The number of carbonyl (C=O) groups excluding carboxylic acids is 1. The number of terminal acetylenes is 1. The summed E-state index contributed by atoms with van der Waals surface area (Å²) < 4.78 is 6.00. The Bertz CT molecular complexity index is 959. The van der Waals surface area contributed by atoms with E-state index in [1.165, 1.54) is 12.1 Å². The number of hydrogen-bond donors (Lipinski definition) is 1. The highest BCUT2D eigenvalue weighted by molar-refractivity contribution is 9.10. The Kier molecular flexibility index (Phi) is 7.12. The van der Waals surface area contributed by atoms with Crippen LogP contribution in [0, 0.1) is 23.7 Å². The Morgan fingerprint density at radius 1 is 1.31 bits per heavy atom. The number of anilines is 1. The van der Waals surface area contributed by atoms with E-state index < -0.39 is 5.91 Å². The maximum absolute atomic E-state index is 12.3. The molecule has 0 saturated heterocycles. The largest absolute Gasteiger partial charge is 0.480 e. The van der Waals surface area contributed by atoms with Gasteiger partial charge in [-0.2, -0.15) is 5.26 Å². The average molecular weight is 450 g/mol. The van der Waals surface area contributed by atoms with Crippen molar-refractivity contribution in [3.8, 4) is 24.2 Å². The molecule has 1 N–H and O–H groups in total. The van der Waals surface area contributed by atoms with Gasteiger partial charge in [0.25, 0.3) is 5.91 Å². The van der Waals surface area contributed by atoms with Crippen LogP contribution in [0.25, 0.3) is 6.08 Å². The Morgan fingerprint density at radius 3 is 2.73 bits per heavy atom. The number of nitrogens with zero attached hydrogens (tertiary/aromatic N) is 1. The van der Waals surface area contributed by atoms with Crippen LogP contribution in [0.15, 0.2) is 46.4 Å². The molecule has 7 heteroatoms. The number of ether oxygens (including phenoxy) is 1. The third-order valence-corrected chi connectivity index (χ3v) is 4.30. The summed E-state index contributed by atoms with van der Waals surface area (Å²) in [5, 5.41) is 12.6. The van der Waals surface area contributed by atoms with Gasteiger partial charge >= 0.3 is 0 Å². The first kappa shape index (κ1) is 19.9. The fourth-order valence-electron chi connectivity index (χ4n) is 1.94. The maximum Gasteiger partial charge on any atom is 0.266 e. The van der Waals surface area contributed by atoms with E-state index in [-0.39, 0.29) is 12.2 Å². The fraction of sp³-hybridized carbons (Fsp3) is 0.0526. The van der Waals surface area contributed by atoms with Crippen LogP contribution in [0.5, 0.6) is 5.75 Å². The van der Waals surface area contributed by atoms with Crippen molar-refractivity contribution < 1.29 is 9.53 Å². The lowest BCUT2D eigenvalue weighted by atomic mass is 10.1. The van der Waals surface area contributed by atoms with E-state index in [4.69, 9.17) is 34.4 Å². The van der Waals surface area contributed by atoms with Gasteiger partial charge < -0.3 is 10.1 Å². The van der Waals surface area contributed by atoms with Crippen LogP contribution in [0.2, 0.25) is 10.0 Å². The Hall–Kier alpha value is -2.44. The molecule has 0 heterocycles. The zero-order valence-corrected chi connectivity index (χ0v) is 16.3. The monoisotopic (exact) mass is 448 g/mol. The van der Waals surface area contributed by atoms with Crippen LogP contribution >= 0.6 is 39.1 Å². The van der Waals surface area contributed by atoms with E-state index in [1.54, 1.807) is 30.3 Å². The molecule has 0 aliphatic rings. The molecule has 130 valence electrons. The fourth-order valence-corrected chi connectivity index (χ4v) is 2.79. The maximum atomic E-state index is 12.3. The molecule has 2 aromatic rings. The number of amides is 1. The minimum atomic E-state index is -0.597. The molecule has 4 nitrogen and oxygen atoms in total. The number of nitrogens with one attached hydrogen (secondary N) is 1. The molecule has 0 radical (unpaired) electrons. The summed E-state index contributed by atoms with van der Waals surface area (Å²) in [4.78, 5) is 12.3. The third kappa shape index (κ3) is 5.28. The minimum absolute atomic E-state index is 0.0924. The molecule has 0 aliphatic carbocycles. The minimum Gasteiger partial charge on any atom is -0.480 e. The molecule has 2 aromatic carbocycles. The second-order valence-electron chi connectivity index (χ2n) is 4.93. The third-order valence-electron chi connectivity index (χ3n) is 3.12. The van der Waals surface area contributed by atoms with Crippen molar-refractivity contribution in [2.45, 2.75) is 0 Å². The van der Waals surface area contributed by atoms with E-state index in [1.807, 2.05) is 6.07 Å². The molecule has 0 aromatic heterocycles.